The maximum absolute atomic E-state index is 13.0. The number of fused-ring (bicyclic) bond motifs is 1. The third kappa shape index (κ3) is 4.29. The standard InChI is InChI=1S/C23H23N3O5S/c1-12-4-6-13(7-5-12)11-32-23-25-21-19(22(29)26-23)15(10-18(27)24-21)14-8-16(30-2)20(28)17(9-14)31-3/h4-9,15,28H,10-11H2,1-3H3,(H2,24,25,26,27,29)/t15-/m1/s1. The molecule has 1 aromatic heterocycles. The van der Waals surface area contributed by atoms with Crippen LogP contribution in [0.1, 0.15) is 34.6 Å². The van der Waals surface area contributed by atoms with Crippen molar-refractivity contribution in [2.24, 2.45) is 0 Å². The molecule has 2 aromatic carbocycles. The van der Waals surface area contributed by atoms with Gasteiger partial charge in [0.1, 0.15) is 5.82 Å². The summed E-state index contributed by atoms with van der Waals surface area (Å²) in [6.07, 6.45) is 0.0602. The van der Waals surface area contributed by atoms with E-state index in [0.717, 1.165) is 5.56 Å². The summed E-state index contributed by atoms with van der Waals surface area (Å²) >= 11 is 1.39. The SMILES string of the molecule is COc1cc([C@H]2CC(=O)Nc3nc(SCc4ccc(C)cc4)[nH]c(=O)c32)cc(OC)c1O. The molecule has 0 saturated heterocycles. The van der Waals surface area contributed by atoms with E-state index in [4.69, 9.17) is 9.47 Å². The van der Waals surface area contributed by atoms with Crippen LogP contribution in [0.3, 0.4) is 0 Å². The van der Waals surface area contributed by atoms with Crippen LogP contribution >= 0.6 is 11.8 Å². The number of hydrogen-bond donors (Lipinski definition) is 3. The summed E-state index contributed by atoms with van der Waals surface area (Å²) in [7, 11) is 2.84. The predicted octanol–water partition coefficient (Wildman–Crippen LogP) is 3.57. The fraction of sp³-hybridized carbons (Fsp3) is 0.261. The Morgan fingerprint density at radius 1 is 1.12 bits per heavy atom. The van der Waals surface area contributed by atoms with Crippen molar-refractivity contribution in [2.75, 3.05) is 19.5 Å². The first-order valence-corrected chi connectivity index (χ1v) is 11.0. The van der Waals surface area contributed by atoms with Crippen molar-refractivity contribution in [3.63, 3.8) is 0 Å². The van der Waals surface area contributed by atoms with E-state index in [0.29, 0.717) is 22.0 Å². The number of phenolic OH excluding ortho intramolecular Hbond substituents is 1. The van der Waals surface area contributed by atoms with Crippen LogP contribution in [0, 0.1) is 6.92 Å². The summed E-state index contributed by atoms with van der Waals surface area (Å²) in [6, 6.07) is 11.3. The lowest BCUT2D eigenvalue weighted by Crippen LogP contribution is -2.31. The molecule has 4 rings (SSSR count). The van der Waals surface area contributed by atoms with Crippen molar-refractivity contribution in [1.82, 2.24) is 9.97 Å². The number of ether oxygens (including phenoxy) is 2. The van der Waals surface area contributed by atoms with E-state index < -0.39 is 5.92 Å². The molecule has 2 heterocycles. The van der Waals surface area contributed by atoms with Crippen molar-refractivity contribution in [3.8, 4) is 17.2 Å². The maximum atomic E-state index is 13.0. The number of H-pyrrole nitrogens is 1. The Morgan fingerprint density at radius 2 is 1.78 bits per heavy atom. The number of aromatic hydroxyl groups is 1. The van der Waals surface area contributed by atoms with Gasteiger partial charge in [-0.25, -0.2) is 4.98 Å². The highest BCUT2D eigenvalue weighted by Crippen LogP contribution is 2.43. The largest absolute Gasteiger partial charge is 0.502 e. The molecule has 0 fully saturated rings. The molecule has 1 aliphatic heterocycles. The molecular formula is C23H23N3O5S. The number of phenols is 1. The van der Waals surface area contributed by atoms with Gasteiger partial charge in [0.2, 0.25) is 11.7 Å². The molecule has 1 amide bonds. The van der Waals surface area contributed by atoms with Crippen LogP contribution in [-0.2, 0) is 10.5 Å². The molecule has 3 aromatic rings. The first-order valence-electron chi connectivity index (χ1n) is 9.97. The Labute approximate surface area is 189 Å². The number of rotatable bonds is 6. The molecule has 0 bridgehead atoms. The first kappa shape index (κ1) is 21.8. The molecular weight excluding hydrogens is 430 g/mol. The van der Waals surface area contributed by atoms with Crippen LogP contribution in [-0.4, -0.2) is 35.2 Å². The number of nitrogens with one attached hydrogen (secondary N) is 2. The zero-order valence-electron chi connectivity index (χ0n) is 17.9. The third-order valence-electron chi connectivity index (χ3n) is 5.33. The highest BCUT2D eigenvalue weighted by molar-refractivity contribution is 7.98. The lowest BCUT2D eigenvalue weighted by Gasteiger charge is -2.25. The van der Waals surface area contributed by atoms with Gasteiger partial charge in [-0.2, -0.15) is 0 Å². The number of carbonyl (C=O) groups excluding carboxylic acids is 1. The van der Waals surface area contributed by atoms with Crippen molar-refractivity contribution >= 4 is 23.5 Å². The van der Waals surface area contributed by atoms with Crippen molar-refractivity contribution < 1.29 is 19.4 Å². The number of aromatic nitrogens is 2. The van der Waals surface area contributed by atoms with Crippen LogP contribution < -0.4 is 20.3 Å². The molecule has 1 atom stereocenters. The van der Waals surface area contributed by atoms with E-state index in [1.807, 2.05) is 31.2 Å². The number of amides is 1. The number of aromatic amines is 1. The van der Waals surface area contributed by atoms with Crippen molar-refractivity contribution in [3.05, 3.63) is 69.0 Å². The smallest absolute Gasteiger partial charge is 0.257 e. The Hall–Kier alpha value is -3.46. The third-order valence-corrected chi connectivity index (χ3v) is 6.27. The van der Waals surface area contributed by atoms with Gasteiger partial charge in [0.05, 0.1) is 19.8 Å². The van der Waals surface area contributed by atoms with Gasteiger partial charge in [0, 0.05) is 18.1 Å². The second kappa shape index (κ2) is 8.96. The quantitative estimate of drug-likeness (QED) is 0.386. The normalized spacial score (nSPS) is 15.1. The number of benzene rings is 2. The summed E-state index contributed by atoms with van der Waals surface area (Å²) in [4.78, 5) is 32.8. The zero-order chi connectivity index (χ0) is 22.8. The minimum absolute atomic E-state index is 0.0602. The summed E-state index contributed by atoms with van der Waals surface area (Å²) in [5.41, 5.74) is 2.93. The van der Waals surface area contributed by atoms with Gasteiger partial charge in [-0.15, -0.1) is 0 Å². The fourth-order valence-electron chi connectivity index (χ4n) is 3.65. The van der Waals surface area contributed by atoms with Gasteiger partial charge in [0.25, 0.3) is 5.56 Å². The Morgan fingerprint density at radius 3 is 2.41 bits per heavy atom. The van der Waals surface area contributed by atoms with Crippen LogP contribution in [0.15, 0.2) is 46.3 Å². The Kier molecular flexibility index (Phi) is 6.09. The van der Waals surface area contributed by atoms with E-state index in [9.17, 15) is 14.7 Å². The maximum Gasteiger partial charge on any atom is 0.257 e. The van der Waals surface area contributed by atoms with Gasteiger partial charge in [0.15, 0.2) is 16.7 Å². The van der Waals surface area contributed by atoms with E-state index in [2.05, 4.69) is 15.3 Å². The molecule has 0 aliphatic carbocycles. The molecule has 1 aliphatic rings. The van der Waals surface area contributed by atoms with Gasteiger partial charge in [-0.05, 0) is 30.2 Å². The van der Waals surface area contributed by atoms with Crippen LogP contribution in [0.25, 0.3) is 0 Å². The summed E-state index contributed by atoms with van der Waals surface area (Å²) in [5, 5.41) is 13.4. The molecule has 3 N–H and O–H groups in total. The van der Waals surface area contributed by atoms with Gasteiger partial charge in [-0.1, -0.05) is 41.6 Å². The number of anilines is 1. The predicted molar refractivity (Wildman–Crippen MR) is 122 cm³/mol. The van der Waals surface area contributed by atoms with Gasteiger partial charge >= 0.3 is 0 Å². The molecule has 0 radical (unpaired) electrons. The monoisotopic (exact) mass is 453 g/mol. The summed E-state index contributed by atoms with van der Waals surface area (Å²) in [6.45, 7) is 2.03. The molecule has 0 saturated carbocycles. The number of hydrogen-bond acceptors (Lipinski definition) is 7. The molecule has 32 heavy (non-hydrogen) atoms. The molecule has 0 spiro atoms. The number of nitrogens with zero attached hydrogens (tertiary/aromatic N) is 1. The highest BCUT2D eigenvalue weighted by atomic mass is 32.2. The fourth-order valence-corrected chi connectivity index (χ4v) is 4.47. The summed E-state index contributed by atoms with van der Waals surface area (Å²) in [5.74, 6) is 0.311. The lowest BCUT2D eigenvalue weighted by atomic mass is 9.86. The minimum Gasteiger partial charge on any atom is -0.502 e. The molecule has 8 nitrogen and oxygen atoms in total. The number of aryl methyl sites for hydroxylation is 1. The molecule has 0 unspecified atom stereocenters. The van der Waals surface area contributed by atoms with E-state index in [-0.39, 0.29) is 41.0 Å². The molecule has 166 valence electrons. The van der Waals surface area contributed by atoms with Gasteiger partial charge in [-0.3, -0.25) is 9.59 Å². The minimum atomic E-state index is -0.561. The molecule has 9 heteroatoms. The van der Waals surface area contributed by atoms with E-state index in [1.54, 1.807) is 12.1 Å². The van der Waals surface area contributed by atoms with Crippen LogP contribution in [0.5, 0.6) is 17.2 Å². The highest BCUT2D eigenvalue weighted by Gasteiger charge is 2.32. The zero-order valence-corrected chi connectivity index (χ0v) is 18.7. The van der Waals surface area contributed by atoms with Crippen molar-refractivity contribution in [1.29, 1.82) is 0 Å². The first-order chi connectivity index (χ1) is 15.4. The number of methoxy groups -OCH3 is 2. The Balaban J connectivity index is 1.69. The summed E-state index contributed by atoms with van der Waals surface area (Å²) < 4.78 is 10.5. The number of thioether (sulfide) groups is 1. The number of carbonyl (C=O) groups is 1. The van der Waals surface area contributed by atoms with Crippen LogP contribution in [0.2, 0.25) is 0 Å². The van der Waals surface area contributed by atoms with E-state index >= 15 is 0 Å². The second-order valence-electron chi connectivity index (χ2n) is 7.49. The average Bonchev–Trinajstić information content (AvgIpc) is 2.78. The van der Waals surface area contributed by atoms with Crippen LogP contribution in [0.4, 0.5) is 5.82 Å². The van der Waals surface area contributed by atoms with Gasteiger partial charge < -0.3 is 24.9 Å². The lowest BCUT2D eigenvalue weighted by molar-refractivity contribution is -0.116. The second-order valence-corrected chi connectivity index (χ2v) is 8.45. The Bertz CT molecular complexity index is 1200. The average molecular weight is 454 g/mol. The topological polar surface area (TPSA) is 114 Å². The van der Waals surface area contributed by atoms with Crippen molar-refractivity contribution in [2.45, 2.75) is 30.2 Å². The van der Waals surface area contributed by atoms with E-state index in [1.165, 1.54) is 31.5 Å².